The molecule has 0 amide bonds. The van der Waals surface area contributed by atoms with E-state index in [2.05, 4.69) is 4.98 Å². The van der Waals surface area contributed by atoms with Gasteiger partial charge in [-0.1, -0.05) is 13.3 Å². The largest absolute Gasteiger partial charge is 0.501 e. The summed E-state index contributed by atoms with van der Waals surface area (Å²) in [4.78, 5) is 27.8. The number of carbonyl (C=O) groups is 1. The summed E-state index contributed by atoms with van der Waals surface area (Å²) in [5, 5.41) is 19.0. The van der Waals surface area contributed by atoms with E-state index in [4.69, 9.17) is 9.84 Å². The van der Waals surface area contributed by atoms with E-state index in [1.54, 1.807) is 0 Å². The Labute approximate surface area is 121 Å². The third-order valence-corrected chi connectivity index (χ3v) is 4.60. The Balaban J connectivity index is 2.30. The lowest BCUT2D eigenvalue weighted by atomic mass is 9.68. The van der Waals surface area contributed by atoms with Crippen molar-refractivity contribution in [1.82, 2.24) is 9.55 Å². The molecule has 114 valence electrons. The van der Waals surface area contributed by atoms with Crippen molar-refractivity contribution in [2.24, 2.45) is 0 Å². The van der Waals surface area contributed by atoms with Gasteiger partial charge in [0.25, 0.3) is 5.56 Å². The van der Waals surface area contributed by atoms with Crippen LogP contribution in [0.25, 0.3) is 0 Å². The second-order valence-corrected chi connectivity index (χ2v) is 5.82. The van der Waals surface area contributed by atoms with Gasteiger partial charge in [-0.05, 0) is 19.3 Å². The van der Waals surface area contributed by atoms with Gasteiger partial charge in [-0.3, -0.25) is 9.36 Å². The number of rotatable bonds is 2. The molecule has 1 aromatic rings. The lowest BCUT2D eigenvalue weighted by Gasteiger charge is -2.40. The van der Waals surface area contributed by atoms with Gasteiger partial charge in [-0.2, -0.15) is 0 Å². The fourth-order valence-electron chi connectivity index (χ4n) is 3.19. The second kappa shape index (κ2) is 4.84. The molecule has 7 heteroatoms. The topological polar surface area (TPSA) is 102 Å². The average Bonchev–Trinajstić information content (AvgIpc) is 2.58. The maximum absolute atomic E-state index is 12.4. The Morgan fingerprint density at radius 1 is 1.52 bits per heavy atom. The number of aromatic nitrogens is 2. The van der Waals surface area contributed by atoms with Crippen molar-refractivity contribution in [2.45, 2.75) is 44.1 Å². The van der Waals surface area contributed by atoms with Crippen molar-refractivity contribution in [1.29, 1.82) is 0 Å². The first-order valence-electron chi connectivity index (χ1n) is 7.17. The zero-order valence-corrected chi connectivity index (χ0v) is 11.8. The van der Waals surface area contributed by atoms with E-state index in [0.29, 0.717) is 25.5 Å². The molecule has 7 nitrogen and oxygen atoms in total. The fourth-order valence-corrected chi connectivity index (χ4v) is 3.19. The molecule has 1 aromatic heterocycles. The summed E-state index contributed by atoms with van der Waals surface area (Å²) in [5.74, 6) is -1.72. The van der Waals surface area contributed by atoms with Crippen LogP contribution in [0.1, 0.15) is 55.0 Å². The van der Waals surface area contributed by atoms with Gasteiger partial charge in [0.1, 0.15) is 5.82 Å². The van der Waals surface area contributed by atoms with Crippen molar-refractivity contribution in [3.05, 3.63) is 21.9 Å². The number of fused-ring (bicyclic) bond motifs is 2. The Morgan fingerprint density at radius 3 is 2.76 bits per heavy atom. The van der Waals surface area contributed by atoms with Crippen LogP contribution in [0, 0.1) is 0 Å². The van der Waals surface area contributed by atoms with Crippen LogP contribution in [0.5, 0.6) is 5.75 Å². The van der Waals surface area contributed by atoms with Crippen LogP contribution < -0.4 is 5.56 Å². The summed E-state index contributed by atoms with van der Waals surface area (Å²) in [5.41, 5.74) is -1.63. The van der Waals surface area contributed by atoms with E-state index in [0.717, 1.165) is 19.3 Å². The predicted octanol–water partition coefficient (Wildman–Crippen LogP) is 1.05. The van der Waals surface area contributed by atoms with Crippen LogP contribution in [-0.2, 0) is 10.2 Å². The summed E-state index contributed by atoms with van der Waals surface area (Å²) in [6, 6.07) is -0.228. The standard InChI is InChI=1S/C14H18N2O5/c1-2-8-6-21-7-14(4-3-5-14)13-15-9(12(19)20)10(17)11(18)16(8)13/h8,17H,2-7H2,1H3,(H,19,20). The van der Waals surface area contributed by atoms with Crippen LogP contribution in [0.3, 0.4) is 0 Å². The average molecular weight is 294 g/mol. The Kier molecular flexibility index (Phi) is 3.24. The van der Waals surface area contributed by atoms with Crippen molar-refractivity contribution >= 4 is 5.97 Å². The Bertz CT molecular complexity index is 647. The smallest absolute Gasteiger partial charge is 0.358 e. The number of carboxylic acids is 1. The first-order valence-corrected chi connectivity index (χ1v) is 7.17. The van der Waals surface area contributed by atoms with Gasteiger partial charge in [0.05, 0.1) is 24.7 Å². The van der Waals surface area contributed by atoms with Crippen LogP contribution in [0.2, 0.25) is 0 Å². The number of nitrogens with zero attached hydrogens (tertiary/aromatic N) is 2. The molecule has 1 fully saturated rings. The molecule has 1 saturated carbocycles. The number of hydrogen-bond acceptors (Lipinski definition) is 5. The molecule has 3 rings (SSSR count). The fraction of sp³-hybridized carbons (Fsp3) is 0.643. The zero-order chi connectivity index (χ0) is 15.2. The second-order valence-electron chi connectivity index (χ2n) is 5.82. The molecule has 0 aromatic carbocycles. The van der Waals surface area contributed by atoms with Crippen molar-refractivity contribution in [3.8, 4) is 5.75 Å². The number of ether oxygens (including phenoxy) is 1. The van der Waals surface area contributed by atoms with E-state index >= 15 is 0 Å². The van der Waals surface area contributed by atoms with E-state index in [-0.39, 0.29) is 11.5 Å². The van der Waals surface area contributed by atoms with Gasteiger partial charge in [0.15, 0.2) is 5.69 Å². The predicted molar refractivity (Wildman–Crippen MR) is 72.8 cm³/mol. The molecule has 0 bridgehead atoms. The minimum absolute atomic E-state index is 0.228. The zero-order valence-electron chi connectivity index (χ0n) is 11.8. The molecular formula is C14H18N2O5. The van der Waals surface area contributed by atoms with Crippen molar-refractivity contribution < 1.29 is 19.7 Å². The highest BCUT2D eigenvalue weighted by atomic mass is 16.5. The summed E-state index contributed by atoms with van der Waals surface area (Å²) < 4.78 is 7.16. The number of aromatic carboxylic acids is 1. The first-order chi connectivity index (χ1) is 10.00. The molecule has 2 heterocycles. The molecule has 2 N–H and O–H groups in total. The maximum Gasteiger partial charge on any atom is 0.358 e. The van der Waals surface area contributed by atoms with Gasteiger partial charge >= 0.3 is 5.97 Å². The highest BCUT2D eigenvalue weighted by molar-refractivity contribution is 5.88. The number of aromatic hydroxyl groups is 1. The quantitative estimate of drug-likeness (QED) is 0.845. The molecule has 1 spiro atoms. The minimum Gasteiger partial charge on any atom is -0.501 e. The van der Waals surface area contributed by atoms with Gasteiger partial charge < -0.3 is 14.9 Å². The third kappa shape index (κ3) is 1.95. The SMILES string of the molecule is CCC1COCC2(CCC2)c2nc(C(=O)O)c(O)c(=O)n21. The third-order valence-electron chi connectivity index (χ3n) is 4.60. The lowest BCUT2D eigenvalue weighted by molar-refractivity contribution is 0.0448. The molecule has 2 aliphatic rings. The van der Waals surface area contributed by atoms with Gasteiger partial charge in [-0.15, -0.1) is 0 Å². The minimum atomic E-state index is -1.39. The maximum atomic E-state index is 12.4. The number of hydrogen-bond donors (Lipinski definition) is 2. The van der Waals surface area contributed by atoms with Crippen molar-refractivity contribution in [2.75, 3.05) is 13.2 Å². The summed E-state index contributed by atoms with van der Waals surface area (Å²) in [6.07, 6.45) is 3.29. The molecule has 1 aliphatic heterocycles. The monoisotopic (exact) mass is 294 g/mol. The van der Waals surface area contributed by atoms with E-state index in [1.165, 1.54) is 4.57 Å². The highest BCUT2D eigenvalue weighted by Gasteiger charge is 2.46. The molecule has 0 saturated heterocycles. The normalized spacial score (nSPS) is 23.2. The van der Waals surface area contributed by atoms with Crippen LogP contribution in [0.15, 0.2) is 4.79 Å². The first kappa shape index (κ1) is 14.1. The Morgan fingerprint density at radius 2 is 2.24 bits per heavy atom. The molecule has 21 heavy (non-hydrogen) atoms. The highest BCUT2D eigenvalue weighted by Crippen LogP contribution is 2.45. The Hall–Kier alpha value is -1.89. The molecule has 1 unspecified atom stereocenters. The lowest BCUT2D eigenvalue weighted by Crippen LogP contribution is -2.44. The molecular weight excluding hydrogens is 276 g/mol. The van der Waals surface area contributed by atoms with E-state index in [1.807, 2.05) is 6.92 Å². The van der Waals surface area contributed by atoms with Crippen molar-refractivity contribution in [3.63, 3.8) is 0 Å². The molecule has 0 radical (unpaired) electrons. The van der Waals surface area contributed by atoms with E-state index < -0.39 is 23.0 Å². The molecule has 1 atom stereocenters. The number of carboxylic acid groups (broad SMARTS) is 1. The van der Waals surface area contributed by atoms with E-state index in [9.17, 15) is 14.7 Å². The van der Waals surface area contributed by atoms with Crippen LogP contribution in [-0.4, -0.2) is 38.9 Å². The van der Waals surface area contributed by atoms with Gasteiger partial charge in [-0.25, -0.2) is 9.78 Å². The van der Waals surface area contributed by atoms with Gasteiger partial charge in [0.2, 0.25) is 5.75 Å². The van der Waals surface area contributed by atoms with Crippen LogP contribution in [0.4, 0.5) is 0 Å². The van der Waals surface area contributed by atoms with Gasteiger partial charge in [0, 0.05) is 0 Å². The molecule has 1 aliphatic carbocycles. The summed E-state index contributed by atoms with van der Waals surface area (Å²) in [6.45, 7) is 2.74. The summed E-state index contributed by atoms with van der Waals surface area (Å²) in [7, 11) is 0. The van der Waals surface area contributed by atoms with Crippen LogP contribution >= 0.6 is 0 Å². The summed E-state index contributed by atoms with van der Waals surface area (Å²) >= 11 is 0.